The van der Waals surface area contributed by atoms with Crippen molar-refractivity contribution < 1.29 is 9.59 Å². The van der Waals surface area contributed by atoms with E-state index in [1.165, 1.54) is 16.2 Å². The van der Waals surface area contributed by atoms with Gasteiger partial charge in [-0.3, -0.25) is 9.59 Å². The van der Waals surface area contributed by atoms with Gasteiger partial charge < -0.3 is 9.80 Å². The summed E-state index contributed by atoms with van der Waals surface area (Å²) < 4.78 is 0. The van der Waals surface area contributed by atoms with Crippen molar-refractivity contribution in [2.45, 2.75) is 19.4 Å². The zero-order chi connectivity index (χ0) is 16.6. The van der Waals surface area contributed by atoms with Crippen molar-refractivity contribution in [3.63, 3.8) is 0 Å². The van der Waals surface area contributed by atoms with E-state index in [2.05, 4.69) is 4.98 Å². The lowest BCUT2D eigenvalue weighted by molar-refractivity contribution is -0.120. The van der Waals surface area contributed by atoms with Crippen molar-refractivity contribution in [3.05, 3.63) is 45.4 Å². The molecule has 1 aromatic carbocycles. The Labute approximate surface area is 143 Å². The topological polar surface area (TPSA) is 53.5 Å². The van der Waals surface area contributed by atoms with Crippen molar-refractivity contribution in [3.8, 4) is 0 Å². The van der Waals surface area contributed by atoms with Gasteiger partial charge in [0.15, 0.2) is 0 Å². The average Bonchev–Trinajstić information content (AvgIpc) is 3.13. The number of anilines is 1. The predicted octanol–water partition coefficient (Wildman–Crippen LogP) is 2.98. The van der Waals surface area contributed by atoms with Crippen molar-refractivity contribution in [2.75, 3.05) is 18.5 Å². The zero-order valence-corrected chi connectivity index (χ0v) is 14.4. The Kier molecular flexibility index (Phi) is 4.37. The molecule has 1 fully saturated rings. The highest BCUT2D eigenvalue weighted by Gasteiger charge is 2.38. The summed E-state index contributed by atoms with van der Waals surface area (Å²) in [5.41, 5.74) is 0.691. The Bertz CT molecular complexity index is 761. The number of para-hydroxylation sites is 1. The first-order chi connectivity index (χ1) is 11.0. The Morgan fingerprint density at radius 2 is 2.17 bits per heavy atom. The van der Waals surface area contributed by atoms with Crippen molar-refractivity contribution in [2.24, 2.45) is 0 Å². The molecule has 2 aromatic rings. The first-order valence-corrected chi connectivity index (χ1v) is 8.44. The molecule has 1 aliphatic rings. The van der Waals surface area contributed by atoms with E-state index in [4.69, 9.17) is 11.6 Å². The van der Waals surface area contributed by atoms with E-state index in [-0.39, 0.29) is 11.8 Å². The highest BCUT2D eigenvalue weighted by molar-refractivity contribution is 7.13. The maximum Gasteiger partial charge on any atom is 0.266 e. The van der Waals surface area contributed by atoms with Crippen LogP contribution in [0.2, 0.25) is 5.02 Å². The summed E-state index contributed by atoms with van der Waals surface area (Å²) in [7, 11) is 1.66. The molecule has 23 heavy (non-hydrogen) atoms. The van der Waals surface area contributed by atoms with Crippen molar-refractivity contribution in [1.82, 2.24) is 9.88 Å². The molecule has 0 aliphatic carbocycles. The fourth-order valence-corrected chi connectivity index (χ4v) is 3.71. The number of carbonyl (C=O) groups is 2. The summed E-state index contributed by atoms with van der Waals surface area (Å²) >= 11 is 7.51. The monoisotopic (exact) mass is 349 g/mol. The number of carbonyl (C=O) groups excluding carboxylic acids is 2. The molecular weight excluding hydrogens is 334 g/mol. The third-order valence-corrected chi connectivity index (χ3v) is 5.16. The number of benzene rings is 1. The molecule has 1 unspecified atom stereocenters. The molecule has 0 saturated carbocycles. The number of rotatable bonds is 3. The fourth-order valence-electron chi connectivity index (χ4n) is 2.71. The van der Waals surface area contributed by atoms with Gasteiger partial charge in [0, 0.05) is 13.6 Å². The van der Waals surface area contributed by atoms with E-state index in [1.807, 2.05) is 25.1 Å². The van der Waals surface area contributed by atoms with E-state index in [0.29, 0.717) is 28.6 Å². The Hall–Kier alpha value is -1.92. The lowest BCUT2D eigenvalue weighted by Gasteiger charge is -2.23. The van der Waals surface area contributed by atoms with Gasteiger partial charge in [-0.05, 0) is 25.5 Å². The van der Waals surface area contributed by atoms with Crippen molar-refractivity contribution >= 4 is 40.4 Å². The van der Waals surface area contributed by atoms with E-state index in [9.17, 15) is 9.59 Å². The molecule has 1 aliphatic heterocycles. The lowest BCUT2D eigenvalue weighted by atomic mass is 10.2. The van der Waals surface area contributed by atoms with Gasteiger partial charge in [0.2, 0.25) is 5.91 Å². The second kappa shape index (κ2) is 6.29. The number of thiazole rings is 1. The number of nitrogens with zero attached hydrogens (tertiary/aromatic N) is 3. The minimum Gasteiger partial charge on any atom is -0.329 e. The first kappa shape index (κ1) is 16.0. The highest BCUT2D eigenvalue weighted by Crippen LogP contribution is 2.30. The summed E-state index contributed by atoms with van der Waals surface area (Å²) in [5, 5.41) is 1.37. The van der Waals surface area contributed by atoms with Gasteiger partial charge in [0.1, 0.15) is 10.9 Å². The number of halogens is 1. The molecule has 5 nitrogen and oxygen atoms in total. The maximum absolute atomic E-state index is 12.7. The van der Waals surface area contributed by atoms with Gasteiger partial charge in [-0.15, -0.1) is 11.3 Å². The van der Waals surface area contributed by atoms with Gasteiger partial charge in [0.05, 0.1) is 21.9 Å². The molecule has 1 aromatic heterocycles. The number of aryl methyl sites for hydroxylation is 1. The summed E-state index contributed by atoms with van der Waals surface area (Å²) in [6.45, 7) is 2.40. The molecule has 2 amide bonds. The average molecular weight is 350 g/mol. The molecule has 1 atom stereocenters. The largest absolute Gasteiger partial charge is 0.329 e. The quantitative estimate of drug-likeness (QED) is 0.856. The molecule has 0 N–H and O–H groups in total. The van der Waals surface area contributed by atoms with E-state index in [1.54, 1.807) is 24.2 Å². The second-order valence-corrected chi connectivity index (χ2v) is 7.05. The van der Waals surface area contributed by atoms with E-state index >= 15 is 0 Å². The predicted molar refractivity (Wildman–Crippen MR) is 91.2 cm³/mol. The third kappa shape index (κ3) is 2.96. The normalized spacial score (nSPS) is 17.6. The number of hydrogen-bond donors (Lipinski definition) is 0. The molecule has 7 heteroatoms. The highest BCUT2D eigenvalue weighted by atomic mass is 35.5. The molecule has 0 spiro atoms. The Balaban J connectivity index is 1.79. The van der Waals surface area contributed by atoms with Gasteiger partial charge in [0.25, 0.3) is 5.91 Å². The van der Waals surface area contributed by atoms with E-state index in [0.717, 1.165) is 5.01 Å². The number of amides is 2. The van der Waals surface area contributed by atoms with Crippen LogP contribution in [0.5, 0.6) is 0 Å². The van der Waals surface area contributed by atoms with Crippen LogP contribution in [0.1, 0.15) is 21.1 Å². The summed E-state index contributed by atoms with van der Waals surface area (Å²) in [6, 6.07) is 6.77. The molecule has 3 rings (SSSR count). The van der Waals surface area contributed by atoms with Crippen LogP contribution in [-0.2, 0) is 4.79 Å². The second-order valence-electron chi connectivity index (χ2n) is 5.41. The van der Waals surface area contributed by atoms with Crippen LogP contribution in [0.3, 0.4) is 0 Å². The standard InChI is InChI=1S/C16H16ClN3O2S/c1-10-18-9-14(23-10)16(22)19(2)13-7-8-20(15(13)21)12-6-4-3-5-11(12)17/h3-6,9,13H,7-8H2,1-2H3. The van der Waals surface area contributed by atoms with Crippen LogP contribution in [-0.4, -0.2) is 41.3 Å². The number of likely N-dealkylation sites (N-methyl/N-ethyl adjacent to an activating group) is 1. The van der Waals surface area contributed by atoms with E-state index < -0.39 is 6.04 Å². The molecule has 1 saturated heterocycles. The summed E-state index contributed by atoms with van der Waals surface area (Å²) in [5.74, 6) is -0.273. The minimum atomic E-state index is -0.471. The minimum absolute atomic E-state index is 0.102. The van der Waals surface area contributed by atoms with Crippen LogP contribution in [0.15, 0.2) is 30.5 Å². The molecule has 0 radical (unpaired) electrons. The maximum atomic E-state index is 12.7. The SMILES string of the molecule is Cc1ncc(C(=O)N(C)C2CCN(c3ccccc3Cl)C2=O)s1. The van der Waals surface area contributed by atoms with Crippen molar-refractivity contribution in [1.29, 1.82) is 0 Å². The van der Waals surface area contributed by atoms with Crippen LogP contribution in [0.25, 0.3) is 0 Å². The van der Waals surface area contributed by atoms with Gasteiger partial charge >= 0.3 is 0 Å². The molecule has 0 bridgehead atoms. The Morgan fingerprint density at radius 1 is 1.43 bits per heavy atom. The smallest absolute Gasteiger partial charge is 0.266 e. The van der Waals surface area contributed by atoms with Crippen LogP contribution in [0, 0.1) is 6.92 Å². The number of hydrogen-bond acceptors (Lipinski definition) is 4. The first-order valence-electron chi connectivity index (χ1n) is 7.24. The van der Waals surface area contributed by atoms with Gasteiger partial charge in [-0.25, -0.2) is 4.98 Å². The summed E-state index contributed by atoms with van der Waals surface area (Å²) in [4.78, 5) is 33.0. The molecular formula is C16H16ClN3O2S. The fraction of sp³-hybridized carbons (Fsp3) is 0.312. The number of aromatic nitrogens is 1. The van der Waals surface area contributed by atoms with Gasteiger partial charge in [-0.1, -0.05) is 23.7 Å². The zero-order valence-electron chi connectivity index (χ0n) is 12.8. The third-order valence-electron chi connectivity index (χ3n) is 3.94. The molecule has 120 valence electrons. The Morgan fingerprint density at radius 3 is 2.83 bits per heavy atom. The lowest BCUT2D eigenvalue weighted by Crippen LogP contribution is -2.42. The van der Waals surface area contributed by atoms with Crippen LogP contribution in [0.4, 0.5) is 5.69 Å². The summed E-state index contributed by atoms with van der Waals surface area (Å²) in [6.07, 6.45) is 2.15. The van der Waals surface area contributed by atoms with Gasteiger partial charge in [-0.2, -0.15) is 0 Å². The van der Waals surface area contributed by atoms with Crippen LogP contribution >= 0.6 is 22.9 Å². The molecule has 2 heterocycles. The van der Waals surface area contributed by atoms with Crippen LogP contribution < -0.4 is 4.90 Å².